The van der Waals surface area contributed by atoms with Gasteiger partial charge in [0.25, 0.3) is 0 Å². The van der Waals surface area contributed by atoms with Crippen molar-refractivity contribution in [2.75, 3.05) is 13.6 Å². The molecule has 0 N–H and O–H groups in total. The molecule has 2 rings (SSSR count). The zero-order chi connectivity index (χ0) is 13.2. The second kappa shape index (κ2) is 5.16. The summed E-state index contributed by atoms with van der Waals surface area (Å²) in [4.78, 5) is 11.5. The number of aromatic nitrogens is 3. The minimum atomic E-state index is 0.259. The van der Waals surface area contributed by atoms with Crippen LogP contribution in [0.2, 0.25) is 0 Å². The summed E-state index contributed by atoms with van der Waals surface area (Å²) in [6.07, 6.45) is 1.75. The fourth-order valence-corrected chi connectivity index (χ4v) is 2.39. The highest BCUT2D eigenvalue weighted by molar-refractivity contribution is 7.13. The third-order valence-corrected chi connectivity index (χ3v) is 3.04. The minimum Gasteiger partial charge on any atom is -0.338 e. The highest BCUT2D eigenvalue weighted by Gasteiger charge is 2.16. The fourth-order valence-electron chi connectivity index (χ4n) is 1.84. The summed E-state index contributed by atoms with van der Waals surface area (Å²) in [5.74, 6) is 1.27. The molecule has 0 spiro atoms. The Morgan fingerprint density at radius 3 is 2.78 bits per heavy atom. The van der Waals surface area contributed by atoms with Crippen LogP contribution in [0.5, 0.6) is 0 Å². The number of nitrogens with zero attached hydrogens (tertiary/aromatic N) is 4. The van der Waals surface area contributed by atoms with Crippen LogP contribution in [-0.2, 0) is 6.54 Å². The van der Waals surface area contributed by atoms with Crippen molar-refractivity contribution < 1.29 is 4.52 Å². The first-order chi connectivity index (χ1) is 8.44. The van der Waals surface area contributed by atoms with Crippen molar-refractivity contribution in [1.82, 2.24) is 20.0 Å². The van der Waals surface area contributed by atoms with Gasteiger partial charge in [0.05, 0.1) is 16.9 Å². The largest absolute Gasteiger partial charge is 0.338 e. The second-order valence-corrected chi connectivity index (χ2v) is 6.50. The Bertz CT molecular complexity index is 486. The molecule has 6 heteroatoms. The minimum absolute atomic E-state index is 0.259. The fraction of sp³-hybridized carbons (Fsp3) is 0.583. The van der Waals surface area contributed by atoms with E-state index in [0.717, 1.165) is 11.4 Å². The van der Waals surface area contributed by atoms with Crippen molar-refractivity contribution in [2.45, 2.75) is 27.3 Å². The molecule has 0 amide bonds. The molecule has 0 saturated heterocycles. The van der Waals surface area contributed by atoms with Crippen LogP contribution < -0.4 is 0 Å². The number of rotatable bonds is 4. The smallest absolute Gasteiger partial charge is 0.241 e. The van der Waals surface area contributed by atoms with Crippen LogP contribution in [0.1, 0.15) is 26.7 Å². The molecule has 2 heterocycles. The summed E-state index contributed by atoms with van der Waals surface area (Å²) >= 11 is 1.51. The van der Waals surface area contributed by atoms with Crippen LogP contribution in [0, 0.1) is 5.41 Å². The molecule has 0 radical (unpaired) electrons. The lowest BCUT2D eigenvalue weighted by Gasteiger charge is -2.25. The molecule has 0 aliphatic heterocycles. The molecule has 5 nitrogen and oxygen atoms in total. The molecular weight excluding hydrogens is 248 g/mol. The van der Waals surface area contributed by atoms with Gasteiger partial charge >= 0.3 is 0 Å². The maximum atomic E-state index is 5.25. The van der Waals surface area contributed by atoms with Crippen LogP contribution in [-0.4, -0.2) is 33.6 Å². The lowest BCUT2D eigenvalue weighted by molar-refractivity contribution is 0.198. The Balaban J connectivity index is 1.99. The first-order valence-corrected chi connectivity index (χ1v) is 6.72. The predicted molar refractivity (Wildman–Crippen MR) is 71.2 cm³/mol. The van der Waals surface area contributed by atoms with Crippen LogP contribution >= 0.6 is 11.3 Å². The third kappa shape index (κ3) is 3.61. The Hall–Kier alpha value is -1.27. The topological polar surface area (TPSA) is 55.1 Å². The number of hydrogen-bond donors (Lipinski definition) is 0. The maximum Gasteiger partial charge on any atom is 0.241 e. The lowest BCUT2D eigenvalue weighted by atomic mass is 9.96. The van der Waals surface area contributed by atoms with E-state index in [4.69, 9.17) is 4.52 Å². The molecule has 0 aliphatic carbocycles. The van der Waals surface area contributed by atoms with Crippen LogP contribution in [0.15, 0.2) is 16.2 Å². The van der Waals surface area contributed by atoms with Gasteiger partial charge in [0.2, 0.25) is 11.7 Å². The molecule has 0 aromatic carbocycles. The molecule has 0 atom stereocenters. The second-order valence-electron chi connectivity index (χ2n) is 5.61. The molecule has 0 saturated carbocycles. The van der Waals surface area contributed by atoms with Gasteiger partial charge in [-0.25, -0.2) is 0 Å². The highest BCUT2D eigenvalue weighted by Crippen LogP contribution is 2.20. The SMILES string of the molecule is CN(Cc1nc(-c2cncs2)no1)CC(C)(C)C. The van der Waals surface area contributed by atoms with E-state index in [1.54, 1.807) is 11.7 Å². The van der Waals surface area contributed by atoms with Gasteiger partial charge in [-0.2, -0.15) is 4.98 Å². The van der Waals surface area contributed by atoms with Crippen molar-refractivity contribution in [3.63, 3.8) is 0 Å². The average molecular weight is 266 g/mol. The van der Waals surface area contributed by atoms with Crippen LogP contribution in [0.4, 0.5) is 0 Å². The van der Waals surface area contributed by atoms with Gasteiger partial charge in [-0.3, -0.25) is 9.88 Å². The molecular formula is C12H18N4OS. The predicted octanol–water partition coefficient (Wildman–Crippen LogP) is 2.67. The quantitative estimate of drug-likeness (QED) is 0.851. The molecule has 0 fully saturated rings. The monoisotopic (exact) mass is 266 g/mol. The highest BCUT2D eigenvalue weighted by atomic mass is 32.1. The van der Waals surface area contributed by atoms with Crippen molar-refractivity contribution in [2.24, 2.45) is 5.41 Å². The van der Waals surface area contributed by atoms with E-state index in [9.17, 15) is 0 Å². The third-order valence-electron chi connectivity index (χ3n) is 2.27. The van der Waals surface area contributed by atoms with Gasteiger partial charge in [-0.1, -0.05) is 25.9 Å². The normalized spacial score (nSPS) is 12.3. The molecule has 0 aliphatic rings. The van der Waals surface area contributed by atoms with Gasteiger partial charge in [0, 0.05) is 12.7 Å². The van der Waals surface area contributed by atoms with Crippen LogP contribution in [0.25, 0.3) is 10.7 Å². The Labute approximate surface area is 111 Å². The molecule has 2 aromatic heterocycles. The van der Waals surface area contributed by atoms with Gasteiger partial charge in [-0.05, 0) is 12.5 Å². The standard InChI is InChI=1S/C12H18N4OS/c1-12(2,3)7-16(4)6-10-14-11(15-17-10)9-5-13-8-18-9/h5,8H,6-7H2,1-4H3. The molecule has 0 bridgehead atoms. The Morgan fingerprint density at radius 1 is 1.39 bits per heavy atom. The summed E-state index contributed by atoms with van der Waals surface area (Å²) in [7, 11) is 2.06. The van der Waals surface area contributed by atoms with Crippen molar-refractivity contribution >= 4 is 11.3 Å². The van der Waals surface area contributed by atoms with Gasteiger partial charge in [0.15, 0.2) is 0 Å². The number of thiazole rings is 1. The van der Waals surface area contributed by atoms with Gasteiger partial charge < -0.3 is 4.52 Å². The zero-order valence-electron chi connectivity index (χ0n) is 11.2. The molecule has 2 aromatic rings. The molecule has 18 heavy (non-hydrogen) atoms. The lowest BCUT2D eigenvalue weighted by Crippen LogP contribution is -2.28. The Kier molecular flexibility index (Phi) is 3.77. The van der Waals surface area contributed by atoms with E-state index in [1.807, 2.05) is 0 Å². The van der Waals surface area contributed by atoms with E-state index < -0.39 is 0 Å². The first kappa shape index (κ1) is 13.2. The summed E-state index contributed by atoms with van der Waals surface area (Å²) in [5.41, 5.74) is 2.02. The van der Waals surface area contributed by atoms with E-state index in [2.05, 4.69) is 47.8 Å². The average Bonchev–Trinajstić information content (AvgIpc) is 2.82. The summed E-state index contributed by atoms with van der Waals surface area (Å²) in [5, 5.41) is 3.97. The van der Waals surface area contributed by atoms with Crippen molar-refractivity contribution in [1.29, 1.82) is 0 Å². The van der Waals surface area contributed by atoms with E-state index in [1.165, 1.54) is 11.3 Å². The van der Waals surface area contributed by atoms with Gasteiger partial charge in [-0.15, -0.1) is 11.3 Å². The molecule has 98 valence electrons. The zero-order valence-corrected chi connectivity index (χ0v) is 12.0. The van der Waals surface area contributed by atoms with Crippen LogP contribution in [0.3, 0.4) is 0 Å². The first-order valence-electron chi connectivity index (χ1n) is 5.84. The van der Waals surface area contributed by atoms with E-state index >= 15 is 0 Å². The van der Waals surface area contributed by atoms with Gasteiger partial charge in [0.1, 0.15) is 0 Å². The summed E-state index contributed by atoms with van der Waals surface area (Å²) in [6, 6.07) is 0. The number of hydrogen-bond acceptors (Lipinski definition) is 6. The van der Waals surface area contributed by atoms with Crippen molar-refractivity contribution in [3.05, 3.63) is 17.6 Å². The van der Waals surface area contributed by atoms with E-state index in [0.29, 0.717) is 18.3 Å². The summed E-state index contributed by atoms with van der Waals surface area (Å²) < 4.78 is 5.25. The van der Waals surface area contributed by atoms with Crippen molar-refractivity contribution in [3.8, 4) is 10.7 Å². The molecule has 0 unspecified atom stereocenters. The van der Waals surface area contributed by atoms with E-state index in [-0.39, 0.29) is 5.41 Å². The Morgan fingerprint density at radius 2 is 2.17 bits per heavy atom. The maximum absolute atomic E-state index is 5.25. The summed E-state index contributed by atoms with van der Waals surface area (Å²) in [6.45, 7) is 8.27.